The minimum atomic E-state index is -0.449. The Morgan fingerprint density at radius 2 is 1.69 bits per heavy atom. The van der Waals surface area contributed by atoms with Gasteiger partial charge in [0, 0.05) is 0 Å². The second kappa shape index (κ2) is 6.24. The van der Waals surface area contributed by atoms with Gasteiger partial charge in [0.1, 0.15) is 5.60 Å². The van der Waals surface area contributed by atoms with E-state index in [0.29, 0.717) is 0 Å². The fourth-order valence-electron chi connectivity index (χ4n) is 1.25. The fraction of sp³-hybridized carbons (Fsp3) is 0.923. The normalized spacial score (nSPS) is 15.6. The van der Waals surface area contributed by atoms with Crippen LogP contribution in [0.25, 0.3) is 0 Å². The molecule has 0 aliphatic carbocycles. The van der Waals surface area contributed by atoms with E-state index >= 15 is 0 Å². The van der Waals surface area contributed by atoms with Crippen molar-refractivity contribution in [3.63, 3.8) is 0 Å². The van der Waals surface area contributed by atoms with Gasteiger partial charge in [-0.25, -0.2) is 4.79 Å². The van der Waals surface area contributed by atoms with Crippen LogP contribution in [0.2, 0.25) is 0 Å². The van der Waals surface area contributed by atoms with Crippen LogP contribution in [0.4, 0.5) is 0 Å². The Labute approximate surface area is 99.4 Å². The summed E-state index contributed by atoms with van der Waals surface area (Å²) in [7, 11) is 0. The van der Waals surface area contributed by atoms with Gasteiger partial charge in [0.25, 0.3) is 0 Å². The van der Waals surface area contributed by atoms with Crippen molar-refractivity contribution in [1.29, 1.82) is 0 Å². The Morgan fingerprint density at radius 3 is 2.06 bits per heavy atom. The standard InChI is InChI=1S/C13H26O3/c1-7-9-10-13(6,8-2)11(14)15-16-12(3,4)5/h7-10H2,1-6H3. The summed E-state index contributed by atoms with van der Waals surface area (Å²) in [5, 5.41) is 0. The SMILES string of the molecule is CCCCC(C)(CC)C(=O)OOC(C)(C)C. The first-order valence-electron chi connectivity index (χ1n) is 6.15. The molecule has 0 N–H and O–H groups in total. The lowest BCUT2D eigenvalue weighted by Gasteiger charge is -2.26. The molecule has 0 aromatic rings. The molecule has 1 atom stereocenters. The summed E-state index contributed by atoms with van der Waals surface area (Å²) < 4.78 is 0. The quantitative estimate of drug-likeness (QED) is 0.513. The Kier molecular flexibility index (Phi) is 6.01. The molecule has 0 aliphatic rings. The molecule has 96 valence electrons. The van der Waals surface area contributed by atoms with Crippen LogP contribution in [0.5, 0.6) is 0 Å². The molecule has 0 bridgehead atoms. The molecule has 0 amide bonds. The summed E-state index contributed by atoms with van der Waals surface area (Å²) in [5.74, 6) is -0.252. The van der Waals surface area contributed by atoms with Gasteiger partial charge in [-0.15, -0.1) is 0 Å². The molecule has 0 aromatic heterocycles. The van der Waals surface area contributed by atoms with Crippen molar-refractivity contribution in [3.8, 4) is 0 Å². The lowest BCUT2D eigenvalue weighted by atomic mass is 9.82. The molecule has 3 heteroatoms. The molecular formula is C13H26O3. The van der Waals surface area contributed by atoms with Crippen molar-refractivity contribution in [2.75, 3.05) is 0 Å². The van der Waals surface area contributed by atoms with Crippen LogP contribution >= 0.6 is 0 Å². The van der Waals surface area contributed by atoms with Gasteiger partial charge in [-0.2, -0.15) is 4.89 Å². The van der Waals surface area contributed by atoms with E-state index in [-0.39, 0.29) is 5.97 Å². The largest absolute Gasteiger partial charge is 0.348 e. The second-order valence-corrected chi connectivity index (χ2v) is 5.58. The molecule has 0 spiro atoms. The van der Waals surface area contributed by atoms with E-state index in [1.807, 2.05) is 34.6 Å². The molecule has 0 saturated heterocycles. The van der Waals surface area contributed by atoms with Crippen molar-refractivity contribution in [2.24, 2.45) is 5.41 Å². The van der Waals surface area contributed by atoms with E-state index < -0.39 is 11.0 Å². The molecule has 0 fully saturated rings. The first kappa shape index (κ1) is 15.4. The zero-order valence-electron chi connectivity index (χ0n) is 11.6. The van der Waals surface area contributed by atoms with Gasteiger partial charge in [0.15, 0.2) is 0 Å². The Morgan fingerprint density at radius 1 is 1.12 bits per heavy atom. The summed E-state index contributed by atoms with van der Waals surface area (Å²) >= 11 is 0. The van der Waals surface area contributed by atoms with Gasteiger partial charge in [-0.05, 0) is 40.5 Å². The van der Waals surface area contributed by atoms with E-state index in [4.69, 9.17) is 9.78 Å². The monoisotopic (exact) mass is 230 g/mol. The first-order chi connectivity index (χ1) is 7.25. The van der Waals surface area contributed by atoms with Crippen molar-refractivity contribution in [3.05, 3.63) is 0 Å². The molecule has 0 rings (SSSR count). The average molecular weight is 230 g/mol. The number of carbonyl (C=O) groups is 1. The smallest absolute Gasteiger partial charge is 0.297 e. The van der Waals surface area contributed by atoms with Crippen molar-refractivity contribution in [2.45, 2.75) is 72.8 Å². The fourth-order valence-corrected chi connectivity index (χ4v) is 1.25. The highest BCUT2D eigenvalue weighted by Crippen LogP contribution is 2.30. The van der Waals surface area contributed by atoms with E-state index in [9.17, 15) is 4.79 Å². The Hall–Kier alpha value is -0.570. The van der Waals surface area contributed by atoms with Crippen molar-refractivity contribution >= 4 is 5.97 Å². The third kappa shape index (κ3) is 5.50. The van der Waals surface area contributed by atoms with Crippen LogP contribution in [0.1, 0.15) is 67.2 Å². The maximum atomic E-state index is 11.9. The molecule has 1 unspecified atom stereocenters. The predicted molar refractivity (Wildman–Crippen MR) is 64.9 cm³/mol. The maximum absolute atomic E-state index is 11.9. The van der Waals surface area contributed by atoms with Crippen LogP contribution in [0, 0.1) is 5.41 Å². The van der Waals surface area contributed by atoms with E-state index in [1.54, 1.807) is 0 Å². The summed E-state index contributed by atoms with van der Waals surface area (Å²) in [5.41, 5.74) is -0.865. The van der Waals surface area contributed by atoms with Crippen molar-refractivity contribution in [1.82, 2.24) is 0 Å². The van der Waals surface area contributed by atoms with Crippen LogP contribution in [0.3, 0.4) is 0 Å². The highest BCUT2D eigenvalue weighted by molar-refractivity contribution is 5.75. The van der Waals surface area contributed by atoms with Crippen LogP contribution in [-0.4, -0.2) is 11.6 Å². The zero-order chi connectivity index (χ0) is 12.8. The molecule has 0 radical (unpaired) electrons. The lowest BCUT2D eigenvalue weighted by molar-refractivity contribution is -0.326. The number of hydrogen-bond donors (Lipinski definition) is 0. The molecule has 0 saturated carbocycles. The van der Waals surface area contributed by atoms with Gasteiger partial charge < -0.3 is 0 Å². The summed E-state index contributed by atoms with van der Waals surface area (Å²) in [6.07, 6.45) is 3.75. The van der Waals surface area contributed by atoms with Crippen molar-refractivity contribution < 1.29 is 14.6 Å². The number of hydrogen-bond acceptors (Lipinski definition) is 3. The van der Waals surface area contributed by atoms with Crippen LogP contribution < -0.4 is 0 Å². The lowest BCUT2D eigenvalue weighted by Crippen LogP contribution is -2.32. The van der Waals surface area contributed by atoms with E-state index in [2.05, 4.69) is 6.92 Å². The number of carbonyl (C=O) groups excluding carboxylic acids is 1. The summed E-state index contributed by atoms with van der Waals surface area (Å²) in [6.45, 7) is 11.6. The van der Waals surface area contributed by atoms with Gasteiger partial charge >= 0.3 is 5.97 Å². The minimum absolute atomic E-state index is 0.252. The van der Waals surface area contributed by atoms with Gasteiger partial charge in [-0.1, -0.05) is 26.7 Å². The van der Waals surface area contributed by atoms with Crippen LogP contribution in [-0.2, 0) is 14.6 Å². The van der Waals surface area contributed by atoms with Gasteiger partial charge in [0.2, 0.25) is 0 Å². The molecule has 0 heterocycles. The van der Waals surface area contributed by atoms with Crippen LogP contribution in [0.15, 0.2) is 0 Å². The molecule has 16 heavy (non-hydrogen) atoms. The molecule has 0 aliphatic heterocycles. The maximum Gasteiger partial charge on any atom is 0.348 e. The average Bonchev–Trinajstić information content (AvgIpc) is 2.21. The van der Waals surface area contributed by atoms with E-state index in [1.165, 1.54) is 0 Å². The Bertz CT molecular complexity index is 218. The summed E-state index contributed by atoms with van der Waals surface area (Å²) in [6, 6.07) is 0. The van der Waals surface area contributed by atoms with Gasteiger partial charge in [-0.3, -0.25) is 4.89 Å². The minimum Gasteiger partial charge on any atom is -0.297 e. The highest BCUT2D eigenvalue weighted by atomic mass is 17.2. The molecular weight excluding hydrogens is 204 g/mol. The first-order valence-corrected chi connectivity index (χ1v) is 6.15. The topological polar surface area (TPSA) is 35.5 Å². The van der Waals surface area contributed by atoms with E-state index in [0.717, 1.165) is 25.7 Å². The number of rotatable bonds is 6. The molecule has 0 aromatic carbocycles. The third-order valence-electron chi connectivity index (χ3n) is 2.72. The highest BCUT2D eigenvalue weighted by Gasteiger charge is 2.34. The third-order valence-corrected chi connectivity index (χ3v) is 2.72. The predicted octanol–water partition coefficient (Wildman–Crippen LogP) is 3.87. The summed E-state index contributed by atoms with van der Waals surface area (Å²) in [4.78, 5) is 21.9. The van der Waals surface area contributed by atoms with Gasteiger partial charge in [0.05, 0.1) is 5.41 Å². The Balaban J connectivity index is 4.30. The molecule has 3 nitrogen and oxygen atoms in total. The zero-order valence-corrected chi connectivity index (χ0v) is 11.6. The number of unbranched alkanes of at least 4 members (excludes halogenated alkanes) is 1. The second-order valence-electron chi connectivity index (χ2n) is 5.58.